The molecule has 1 saturated heterocycles. The van der Waals surface area contributed by atoms with Crippen molar-refractivity contribution in [1.29, 1.82) is 0 Å². The molecule has 3 aromatic rings. The predicted molar refractivity (Wildman–Crippen MR) is 122 cm³/mol. The molecule has 2 aliphatic rings. The molecular formula is C24H22F2N4O2S. The van der Waals surface area contributed by atoms with Crippen LogP contribution in [0.2, 0.25) is 0 Å². The quantitative estimate of drug-likeness (QED) is 0.626. The average molecular weight is 469 g/mol. The Hall–Kier alpha value is -3.04. The van der Waals surface area contributed by atoms with Crippen molar-refractivity contribution in [1.82, 2.24) is 15.1 Å². The van der Waals surface area contributed by atoms with Gasteiger partial charge in [-0.1, -0.05) is 36.0 Å². The number of amidine groups is 1. The van der Waals surface area contributed by atoms with Crippen LogP contribution in [0.25, 0.3) is 0 Å². The molecule has 5 rings (SSSR count). The summed E-state index contributed by atoms with van der Waals surface area (Å²) in [5.74, 6) is -1.11. The zero-order chi connectivity index (χ0) is 23.0. The first kappa shape index (κ1) is 21.8. The highest BCUT2D eigenvalue weighted by Gasteiger charge is 2.50. The molecule has 6 nitrogen and oxygen atoms in total. The van der Waals surface area contributed by atoms with Crippen LogP contribution in [-0.2, 0) is 17.3 Å². The molecule has 9 heteroatoms. The molecule has 1 N–H and O–H groups in total. The number of amides is 1. The maximum Gasteiger partial charge on any atom is 0.257 e. The van der Waals surface area contributed by atoms with Gasteiger partial charge in [0.05, 0.1) is 18.4 Å². The number of carbonyl (C=O) groups is 1. The van der Waals surface area contributed by atoms with E-state index in [1.165, 1.54) is 23.9 Å². The van der Waals surface area contributed by atoms with Crippen LogP contribution in [0.3, 0.4) is 0 Å². The molecule has 33 heavy (non-hydrogen) atoms. The second-order valence-corrected chi connectivity index (χ2v) is 9.22. The summed E-state index contributed by atoms with van der Waals surface area (Å²) in [4.78, 5) is 17.5. The Morgan fingerprint density at radius 2 is 2.03 bits per heavy atom. The summed E-state index contributed by atoms with van der Waals surface area (Å²) in [6.45, 7) is 0.0985. The van der Waals surface area contributed by atoms with Gasteiger partial charge < -0.3 is 10.1 Å². The largest absolute Gasteiger partial charge is 0.369 e. The van der Waals surface area contributed by atoms with E-state index in [9.17, 15) is 9.18 Å². The fourth-order valence-corrected chi connectivity index (χ4v) is 5.68. The number of aromatic nitrogens is 2. The normalized spacial score (nSPS) is 24.6. The number of carbonyl (C=O) groups excluding carboxylic acids is 1. The second kappa shape index (κ2) is 8.72. The Morgan fingerprint density at radius 1 is 1.21 bits per heavy atom. The van der Waals surface area contributed by atoms with Crippen molar-refractivity contribution in [3.8, 4) is 0 Å². The monoisotopic (exact) mass is 468 g/mol. The van der Waals surface area contributed by atoms with Crippen LogP contribution in [0.1, 0.15) is 34.1 Å². The van der Waals surface area contributed by atoms with Gasteiger partial charge in [0.1, 0.15) is 17.2 Å². The van der Waals surface area contributed by atoms with E-state index in [0.717, 1.165) is 11.8 Å². The zero-order valence-corrected chi connectivity index (χ0v) is 18.7. The average Bonchev–Trinajstić information content (AvgIpc) is 3.25. The van der Waals surface area contributed by atoms with E-state index in [2.05, 4.69) is 10.4 Å². The van der Waals surface area contributed by atoms with E-state index < -0.39 is 17.2 Å². The molecule has 2 aromatic carbocycles. The van der Waals surface area contributed by atoms with E-state index >= 15 is 4.39 Å². The lowest BCUT2D eigenvalue weighted by Gasteiger charge is -2.46. The Morgan fingerprint density at radius 3 is 2.76 bits per heavy atom. The van der Waals surface area contributed by atoms with Crippen LogP contribution in [-0.4, -0.2) is 33.2 Å². The fraction of sp³-hybridized carbons (Fsp3) is 0.292. The molecule has 0 aliphatic carbocycles. The molecule has 0 saturated carbocycles. The van der Waals surface area contributed by atoms with Crippen LogP contribution >= 0.6 is 11.8 Å². The van der Waals surface area contributed by atoms with Gasteiger partial charge in [-0.2, -0.15) is 5.10 Å². The van der Waals surface area contributed by atoms with Crippen molar-refractivity contribution < 1.29 is 18.3 Å². The van der Waals surface area contributed by atoms with Crippen molar-refractivity contribution in [2.45, 2.75) is 18.1 Å². The number of halogens is 2. The molecule has 3 atom stereocenters. The van der Waals surface area contributed by atoms with Crippen LogP contribution in [0.5, 0.6) is 0 Å². The van der Waals surface area contributed by atoms with Crippen molar-refractivity contribution in [3.63, 3.8) is 0 Å². The van der Waals surface area contributed by atoms with Crippen LogP contribution < -0.4 is 5.32 Å². The van der Waals surface area contributed by atoms with Crippen LogP contribution in [0.15, 0.2) is 65.8 Å². The lowest BCUT2D eigenvalue weighted by Crippen LogP contribution is -2.50. The first-order valence-electron chi connectivity index (χ1n) is 10.6. The highest BCUT2D eigenvalue weighted by Crippen LogP contribution is 2.49. The number of aliphatic imine (C=N–C) groups is 1. The van der Waals surface area contributed by atoms with Crippen LogP contribution in [0.4, 0.5) is 8.78 Å². The fourth-order valence-electron chi connectivity index (χ4n) is 4.52. The lowest BCUT2D eigenvalue weighted by atomic mass is 9.74. The Bertz CT molecular complexity index is 1220. The number of nitrogens with zero attached hydrogens (tertiary/aromatic N) is 3. The molecule has 2 aliphatic heterocycles. The minimum atomic E-state index is -1.07. The van der Waals surface area contributed by atoms with Crippen molar-refractivity contribution in [2.75, 3.05) is 12.4 Å². The molecule has 0 spiro atoms. The topological polar surface area (TPSA) is 68.5 Å². The standard InChI is InChI=1S/C24H22F2N4O2S/c1-30-20(9-10-27-30)21-11-16-13-33-23(28-22(31)15-5-3-2-4-6-15)29-24(16,14-32-21)18-8-7-17(25)12-19(18)26/h2-10,12,16,21H,11,13-14H2,1H3,(H,28,29,31)/t16-,21+,24-/m0/s1. The van der Waals surface area contributed by atoms with E-state index in [-0.39, 0.29) is 30.1 Å². The Balaban J connectivity index is 1.50. The summed E-state index contributed by atoms with van der Waals surface area (Å²) in [6.07, 6.45) is 2.09. The summed E-state index contributed by atoms with van der Waals surface area (Å²) in [6, 6.07) is 14.3. The number of nitrogens with one attached hydrogen (secondary N) is 1. The summed E-state index contributed by atoms with van der Waals surface area (Å²) in [7, 11) is 1.85. The highest BCUT2D eigenvalue weighted by atomic mass is 32.2. The number of fused-ring (bicyclic) bond motifs is 1. The molecule has 3 heterocycles. The molecule has 0 bridgehead atoms. The van der Waals surface area contributed by atoms with E-state index in [0.29, 0.717) is 22.9 Å². The number of hydrogen-bond acceptors (Lipinski definition) is 5. The first-order chi connectivity index (χ1) is 16.0. The summed E-state index contributed by atoms with van der Waals surface area (Å²) in [5.41, 5.74) is 0.628. The summed E-state index contributed by atoms with van der Waals surface area (Å²) < 4.78 is 36.7. The van der Waals surface area contributed by atoms with Gasteiger partial charge in [-0.25, -0.2) is 13.8 Å². The van der Waals surface area contributed by atoms with Crippen molar-refractivity contribution >= 4 is 22.8 Å². The van der Waals surface area contributed by atoms with Crippen LogP contribution in [0, 0.1) is 17.6 Å². The molecular weight excluding hydrogens is 446 g/mol. The van der Waals surface area contributed by atoms with Gasteiger partial charge in [0.15, 0.2) is 5.17 Å². The number of benzene rings is 2. The molecule has 1 fully saturated rings. The summed E-state index contributed by atoms with van der Waals surface area (Å²) >= 11 is 1.42. The number of rotatable bonds is 3. The molecule has 0 unspecified atom stereocenters. The van der Waals surface area contributed by atoms with Crippen molar-refractivity contribution in [3.05, 3.63) is 89.2 Å². The third-order valence-electron chi connectivity index (χ3n) is 6.24. The van der Waals surface area contributed by atoms with E-state index in [4.69, 9.17) is 9.73 Å². The van der Waals surface area contributed by atoms with E-state index in [1.807, 2.05) is 19.2 Å². The molecule has 0 radical (unpaired) electrons. The number of thioether (sulfide) groups is 1. The minimum absolute atomic E-state index is 0.0894. The van der Waals surface area contributed by atoms with E-state index in [1.54, 1.807) is 35.1 Å². The van der Waals surface area contributed by atoms with Crippen molar-refractivity contribution in [2.24, 2.45) is 18.0 Å². The molecule has 1 amide bonds. The number of aryl methyl sites for hydroxylation is 1. The Kier molecular flexibility index (Phi) is 5.76. The third-order valence-corrected chi connectivity index (χ3v) is 7.28. The van der Waals surface area contributed by atoms with Gasteiger partial charge in [-0.15, -0.1) is 0 Å². The van der Waals surface area contributed by atoms with Gasteiger partial charge in [-0.3, -0.25) is 9.48 Å². The number of hydrogen-bond donors (Lipinski definition) is 1. The highest BCUT2D eigenvalue weighted by molar-refractivity contribution is 8.13. The Labute approximate surface area is 194 Å². The lowest BCUT2D eigenvalue weighted by molar-refractivity contribution is -0.0621. The SMILES string of the molecule is Cn1nccc1[C@H]1C[C@H]2CSC(NC(=O)c3ccccc3)=N[C@@]2(c2ccc(F)cc2F)CO1. The first-order valence-corrected chi connectivity index (χ1v) is 11.6. The maximum absolute atomic E-state index is 15.0. The van der Waals surface area contributed by atoms with Gasteiger partial charge in [0, 0.05) is 42.1 Å². The number of ether oxygens (including phenoxy) is 1. The molecule has 1 aromatic heterocycles. The maximum atomic E-state index is 15.0. The molecule has 170 valence electrons. The minimum Gasteiger partial charge on any atom is -0.369 e. The summed E-state index contributed by atoms with van der Waals surface area (Å²) in [5, 5.41) is 7.47. The van der Waals surface area contributed by atoms with Gasteiger partial charge >= 0.3 is 0 Å². The van der Waals surface area contributed by atoms with Gasteiger partial charge in [-0.05, 0) is 30.7 Å². The van der Waals surface area contributed by atoms with Gasteiger partial charge in [0.25, 0.3) is 5.91 Å². The zero-order valence-electron chi connectivity index (χ0n) is 17.9. The van der Waals surface area contributed by atoms with Gasteiger partial charge in [0.2, 0.25) is 0 Å². The third kappa shape index (κ3) is 4.06. The smallest absolute Gasteiger partial charge is 0.257 e. The second-order valence-electron chi connectivity index (χ2n) is 8.21. The predicted octanol–water partition coefficient (Wildman–Crippen LogP) is 4.20.